The van der Waals surface area contributed by atoms with Crippen molar-refractivity contribution < 1.29 is 35.9 Å². The van der Waals surface area contributed by atoms with Crippen LogP contribution in [0.5, 0.6) is 0 Å². The molecule has 1 aromatic carbocycles. The van der Waals surface area contributed by atoms with Crippen molar-refractivity contribution in [2.45, 2.75) is 18.7 Å². The Kier molecular flexibility index (Phi) is 7.37. The number of esters is 1. The van der Waals surface area contributed by atoms with Crippen LogP contribution in [0.1, 0.15) is 13.8 Å². The fraction of sp³-hybridized carbons (Fsp3) is 0.429. The molecule has 0 spiro atoms. The van der Waals surface area contributed by atoms with Crippen LogP contribution in [0, 0.1) is 23.4 Å². The predicted molar refractivity (Wildman–Crippen MR) is 80.3 cm³/mol. The highest BCUT2D eigenvalue weighted by Crippen LogP contribution is 2.19. The summed E-state index contributed by atoms with van der Waals surface area (Å²) in [6.07, 6.45) is 0. The third-order valence-electron chi connectivity index (χ3n) is 2.77. The van der Waals surface area contributed by atoms with Crippen molar-refractivity contribution in [3.8, 4) is 0 Å². The Labute approximate surface area is 142 Å². The van der Waals surface area contributed by atoms with E-state index in [9.17, 15) is 31.2 Å². The molecule has 1 amide bonds. The highest BCUT2D eigenvalue weighted by atomic mass is 32.2. The van der Waals surface area contributed by atoms with Crippen LogP contribution in [-0.2, 0) is 24.3 Å². The smallest absolute Gasteiger partial charge is 0.321 e. The Morgan fingerprint density at radius 3 is 2.40 bits per heavy atom. The number of nitrogens with one attached hydrogen (secondary N) is 2. The summed E-state index contributed by atoms with van der Waals surface area (Å²) in [4.78, 5) is 21.6. The maximum absolute atomic E-state index is 13.5. The number of hydrogen-bond donors (Lipinski definition) is 2. The fourth-order valence-corrected chi connectivity index (χ4v) is 2.55. The van der Waals surface area contributed by atoms with Crippen molar-refractivity contribution in [3.05, 3.63) is 29.6 Å². The second-order valence-corrected chi connectivity index (χ2v) is 7.09. The molecule has 0 fully saturated rings. The van der Waals surface area contributed by atoms with Gasteiger partial charge in [-0.1, -0.05) is 13.8 Å². The molecule has 0 aliphatic heterocycles. The van der Waals surface area contributed by atoms with Gasteiger partial charge in [0, 0.05) is 6.54 Å². The van der Waals surface area contributed by atoms with E-state index in [-0.39, 0.29) is 5.92 Å². The molecule has 0 aliphatic carbocycles. The molecule has 25 heavy (non-hydrogen) atoms. The van der Waals surface area contributed by atoms with E-state index in [1.807, 2.05) is 13.8 Å². The molecular weight excluding hydrogens is 365 g/mol. The standard InChI is InChI=1S/C14H17F3N2O5S/c1-8(2)5-18-11(20)7-24-12(21)6-19-25(22,23)10-4-3-9(15)13(16)14(10)17/h3-4,8,19H,5-7H2,1-2H3,(H,18,20). The zero-order valence-electron chi connectivity index (χ0n) is 13.4. The number of carbonyl (C=O) groups excluding carboxylic acids is 2. The zero-order valence-corrected chi connectivity index (χ0v) is 14.3. The number of benzene rings is 1. The lowest BCUT2D eigenvalue weighted by atomic mass is 10.2. The number of halogens is 3. The van der Waals surface area contributed by atoms with Gasteiger partial charge >= 0.3 is 5.97 Å². The monoisotopic (exact) mass is 382 g/mol. The van der Waals surface area contributed by atoms with Crippen LogP contribution < -0.4 is 10.0 Å². The summed E-state index contributed by atoms with van der Waals surface area (Å²) in [5.74, 6) is -6.90. The summed E-state index contributed by atoms with van der Waals surface area (Å²) in [7, 11) is -4.62. The highest BCUT2D eigenvalue weighted by Gasteiger charge is 2.24. The third kappa shape index (κ3) is 6.35. The van der Waals surface area contributed by atoms with Crippen LogP contribution >= 0.6 is 0 Å². The maximum atomic E-state index is 13.5. The summed E-state index contributed by atoms with van der Waals surface area (Å²) in [6, 6.07) is 0.950. The molecule has 0 atom stereocenters. The van der Waals surface area contributed by atoms with E-state index in [1.165, 1.54) is 0 Å². The van der Waals surface area contributed by atoms with Gasteiger partial charge in [-0.2, -0.15) is 4.72 Å². The van der Waals surface area contributed by atoms with Gasteiger partial charge in [0.05, 0.1) is 0 Å². The number of ether oxygens (including phenoxy) is 1. The second-order valence-electron chi connectivity index (χ2n) is 5.36. The molecule has 140 valence electrons. The molecule has 0 aliphatic rings. The van der Waals surface area contributed by atoms with Gasteiger partial charge in [-0.25, -0.2) is 21.6 Å². The lowest BCUT2D eigenvalue weighted by molar-refractivity contribution is -0.147. The summed E-state index contributed by atoms with van der Waals surface area (Å²) in [6.45, 7) is 2.56. The number of amides is 1. The van der Waals surface area contributed by atoms with Gasteiger partial charge in [-0.3, -0.25) is 9.59 Å². The lowest BCUT2D eigenvalue weighted by Crippen LogP contribution is -2.35. The topological polar surface area (TPSA) is 102 Å². The van der Waals surface area contributed by atoms with Gasteiger partial charge in [0.2, 0.25) is 10.0 Å². The average Bonchev–Trinajstić information content (AvgIpc) is 2.53. The van der Waals surface area contributed by atoms with Crippen molar-refractivity contribution in [2.24, 2.45) is 5.92 Å². The first-order valence-corrected chi connectivity index (χ1v) is 8.58. The first-order valence-electron chi connectivity index (χ1n) is 7.10. The molecule has 2 N–H and O–H groups in total. The van der Waals surface area contributed by atoms with E-state index < -0.39 is 57.4 Å². The minimum Gasteiger partial charge on any atom is -0.455 e. The minimum absolute atomic E-state index is 0.192. The molecule has 0 heterocycles. The van der Waals surface area contributed by atoms with Gasteiger partial charge in [0.1, 0.15) is 11.4 Å². The third-order valence-corrected chi connectivity index (χ3v) is 4.19. The van der Waals surface area contributed by atoms with Gasteiger partial charge in [-0.15, -0.1) is 0 Å². The normalized spacial score (nSPS) is 11.4. The van der Waals surface area contributed by atoms with Crippen LogP contribution in [-0.4, -0.2) is 40.0 Å². The van der Waals surface area contributed by atoms with Crippen LogP contribution in [0.2, 0.25) is 0 Å². The number of hydrogen-bond acceptors (Lipinski definition) is 5. The first kappa shape index (κ1) is 20.9. The summed E-state index contributed by atoms with van der Waals surface area (Å²) in [5, 5.41) is 2.47. The Hall–Kier alpha value is -2.14. The lowest BCUT2D eigenvalue weighted by Gasteiger charge is -2.10. The van der Waals surface area contributed by atoms with E-state index in [4.69, 9.17) is 0 Å². The van der Waals surface area contributed by atoms with Gasteiger partial charge < -0.3 is 10.1 Å². The van der Waals surface area contributed by atoms with Crippen molar-refractivity contribution in [1.29, 1.82) is 0 Å². The molecule has 11 heteroatoms. The SMILES string of the molecule is CC(C)CNC(=O)COC(=O)CNS(=O)(=O)c1ccc(F)c(F)c1F. The molecule has 0 aromatic heterocycles. The van der Waals surface area contributed by atoms with Crippen LogP contribution in [0.4, 0.5) is 13.2 Å². The van der Waals surface area contributed by atoms with E-state index >= 15 is 0 Å². The molecule has 0 saturated carbocycles. The molecule has 1 aromatic rings. The highest BCUT2D eigenvalue weighted by molar-refractivity contribution is 7.89. The number of rotatable bonds is 8. The Morgan fingerprint density at radius 1 is 1.16 bits per heavy atom. The number of carbonyl (C=O) groups is 2. The minimum atomic E-state index is -4.62. The Morgan fingerprint density at radius 2 is 1.80 bits per heavy atom. The van der Waals surface area contributed by atoms with Gasteiger partial charge in [0.15, 0.2) is 24.1 Å². The van der Waals surface area contributed by atoms with Crippen LogP contribution in [0.25, 0.3) is 0 Å². The largest absolute Gasteiger partial charge is 0.455 e. The van der Waals surface area contributed by atoms with Crippen molar-refractivity contribution in [2.75, 3.05) is 19.7 Å². The second kappa shape index (κ2) is 8.81. The Balaban J connectivity index is 2.58. The molecule has 7 nitrogen and oxygen atoms in total. The van der Waals surface area contributed by atoms with Crippen molar-refractivity contribution >= 4 is 21.9 Å². The quantitative estimate of drug-likeness (QED) is 0.509. The van der Waals surface area contributed by atoms with Gasteiger partial charge in [0.25, 0.3) is 5.91 Å². The molecule has 0 saturated heterocycles. The molecule has 0 radical (unpaired) electrons. The summed E-state index contributed by atoms with van der Waals surface area (Å²) in [5.41, 5.74) is 0. The van der Waals surface area contributed by atoms with Crippen LogP contribution in [0.3, 0.4) is 0 Å². The molecule has 1 rings (SSSR count). The number of sulfonamides is 1. The van der Waals surface area contributed by atoms with Crippen LogP contribution in [0.15, 0.2) is 17.0 Å². The first-order chi connectivity index (χ1) is 11.5. The Bertz CT molecular complexity index is 753. The van der Waals surface area contributed by atoms with E-state index in [0.717, 1.165) is 0 Å². The van der Waals surface area contributed by atoms with Crippen molar-refractivity contribution in [1.82, 2.24) is 10.0 Å². The summed E-state index contributed by atoms with van der Waals surface area (Å²) < 4.78 is 69.2. The van der Waals surface area contributed by atoms with E-state index in [2.05, 4.69) is 10.1 Å². The van der Waals surface area contributed by atoms with Crippen molar-refractivity contribution in [3.63, 3.8) is 0 Å². The van der Waals surface area contributed by atoms with E-state index in [0.29, 0.717) is 18.7 Å². The van der Waals surface area contributed by atoms with E-state index in [1.54, 1.807) is 4.72 Å². The maximum Gasteiger partial charge on any atom is 0.321 e. The predicted octanol–water partition coefficient (Wildman–Crippen LogP) is 0.698. The molecule has 0 bridgehead atoms. The fourth-order valence-electron chi connectivity index (χ4n) is 1.51. The zero-order chi connectivity index (χ0) is 19.2. The molecule has 0 unspecified atom stereocenters. The average molecular weight is 382 g/mol. The van der Waals surface area contributed by atoms with Gasteiger partial charge in [-0.05, 0) is 18.1 Å². The molecular formula is C14H17F3N2O5S. The summed E-state index contributed by atoms with van der Waals surface area (Å²) >= 11 is 0.